The summed E-state index contributed by atoms with van der Waals surface area (Å²) in [5.74, 6) is 0.894. The fourth-order valence-corrected chi connectivity index (χ4v) is 3.68. The van der Waals surface area contributed by atoms with Gasteiger partial charge in [0.25, 0.3) is 0 Å². The van der Waals surface area contributed by atoms with Crippen LogP contribution in [0.4, 0.5) is 0 Å². The summed E-state index contributed by atoms with van der Waals surface area (Å²) in [7, 11) is 4.38. The first-order valence-corrected chi connectivity index (χ1v) is 8.29. The molecule has 1 atom stereocenters. The highest BCUT2D eigenvalue weighted by Gasteiger charge is 2.37. The lowest BCUT2D eigenvalue weighted by Crippen LogP contribution is -2.47. The molecule has 1 N–H and O–H groups in total. The van der Waals surface area contributed by atoms with Gasteiger partial charge in [0, 0.05) is 31.7 Å². The summed E-state index contributed by atoms with van der Waals surface area (Å²) in [6.45, 7) is 11.3. The summed E-state index contributed by atoms with van der Waals surface area (Å²) in [6.07, 6.45) is 3.93. The minimum atomic E-state index is 0.365. The van der Waals surface area contributed by atoms with Gasteiger partial charge in [0.2, 0.25) is 0 Å². The van der Waals surface area contributed by atoms with Crippen molar-refractivity contribution < 1.29 is 4.74 Å². The topological polar surface area (TPSA) is 27.7 Å². The molecular weight excluding hydrogens is 250 g/mol. The van der Waals surface area contributed by atoms with E-state index in [1.54, 1.807) is 0 Å². The van der Waals surface area contributed by atoms with E-state index in [4.69, 9.17) is 4.74 Å². The maximum Gasteiger partial charge on any atom is 0.0547 e. The largest absolute Gasteiger partial charge is 0.381 e. The average molecular weight is 283 g/mol. The quantitative estimate of drug-likeness (QED) is 0.762. The number of nitrogens with zero attached hydrogens (tertiary/aromatic N) is 2. The number of hydrogen-bond donors (Lipinski definition) is 1. The molecular formula is C16H33N3O. The average Bonchev–Trinajstić information content (AvgIpc) is 2.87. The van der Waals surface area contributed by atoms with Gasteiger partial charge < -0.3 is 19.9 Å². The maximum absolute atomic E-state index is 5.70. The van der Waals surface area contributed by atoms with Crippen molar-refractivity contribution in [1.29, 1.82) is 0 Å². The molecule has 2 fully saturated rings. The summed E-state index contributed by atoms with van der Waals surface area (Å²) in [5.41, 5.74) is 0.365. The summed E-state index contributed by atoms with van der Waals surface area (Å²) in [5, 5.41) is 3.54. The molecule has 0 amide bonds. The Hall–Kier alpha value is -0.160. The van der Waals surface area contributed by atoms with E-state index in [1.165, 1.54) is 45.4 Å². The lowest BCUT2D eigenvalue weighted by molar-refractivity contribution is 0.0832. The van der Waals surface area contributed by atoms with E-state index in [9.17, 15) is 0 Å². The van der Waals surface area contributed by atoms with Crippen molar-refractivity contribution in [1.82, 2.24) is 15.1 Å². The van der Waals surface area contributed by atoms with Crippen LogP contribution in [0.15, 0.2) is 0 Å². The van der Waals surface area contributed by atoms with E-state index < -0.39 is 0 Å². The van der Waals surface area contributed by atoms with Gasteiger partial charge in [-0.3, -0.25) is 0 Å². The normalized spacial score (nSPS) is 29.4. The lowest BCUT2D eigenvalue weighted by atomic mass is 9.85. The molecule has 0 aromatic heterocycles. The molecule has 4 nitrogen and oxygen atoms in total. The maximum atomic E-state index is 5.70. The SMILES string of the molecule is CCNCC1(CN2CCC(CN(C)C)CC2)CCOC1. The third-order valence-electron chi connectivity index (χ3n) is 4.82. The Kier molecular flexibility index (Phi) is 6.27. The van der Waals surface area contributed by atoms with Crippen LogP contribution in [-0.2, 0) is 4.74 Å². The predicted octanol–water partition coefficient (Wildman–Crippen LogP) is 1.28. The molecule has 118 valence electrons. The van der Waals surface area contributed by atoms with Crippen LogP contribution in [0.25, 0.3) is 0 Å². The van der Waals surface area contributed by atoms with Gasteiger partial charge in [-0.15, -0.1) is 0 Å². The number of ether oxygens (including phenoxy) is 1. The Bertz CT molecular complexity index is 269. The molecule has 2 aliphatic heterocycles. The van der Waals surface area contributed by atoms with Crippen LogP contribution in [0.1, 0.15) is 26.2 Å². The highest BCUT2D eigenvalue weighted by molar-refractivity contribution is 4.89. The smallest absolute Gasteiger partial charge is 0.0547 e. The lowest BCUT2D eigenvalue weighted by Gasteiger charge is -2.39. The van der Waals surface area contributed by atoms with Gasteiger partial charge in [-0.05, 0) is 58.9 Å². The highest BCUT2D eigenvalue weighted by atomic mass is 16.5. The van der Waals surface area contributed by atoms with Crippen LogP contribution in [-0.4, -0.2) is 76.4 Å². The van der Waals surface area contributed by atoms with Crippen molar-refractivity contribution >= 4 is 0 Å². The fourth-order valence-electron chi connectivity index (χ4n) is 3.68. The second-order valence-electron chi connectivity index (χ2n) is 7.06. The molecule has 0 aliphatic carbocycles. The Morgan fingerprint density at radius 3 is 2.60 bits per heavy atom. The zero-order valence-corrected chi connectivity index (χ0v) is 13.7. The summed E-state index contributed by atoms with van der Waals surface area (Å²) >= 11 is 0. The van der Waals surface area contributed by atoms with Crippen LogP contribution in [0.3, 0.4) is 0 Å². The molecule has 0 radical (unpaired) electrons. The van der Waals surface area contributed by atoms with Gasteiger partial charge in [-0.25, -0.2) is 0 Å². The van der Waals surface area contributed by atoms with Gasteiger partial charge >= 0.3 is 0 Å². The van der Waals surface area contributed by atoms with Crippen molar-refractivity contribution in [2.45, 2.75) is 26.2 Å². The monoisotopic (exact) mass is 283 g/mol. The Morgan fingerprint density at radius 2 is 2.05 bits per heavy atom. The van der Waals surface area contributed by atoms with Crippen molar-refractivity contribution in [3.63, 3.8) is 0 Å². The van der Waals surface area contributed by atoms with Gasteiger partial charge in [-0.1, -0.05) is 6.92 Å². The number of hydrogen-bond acceptors (Lipinski definition) is 4. The number of likely N-dealkylation sites (tertiary alicyclic amines) is 1. The zero-order chi connectivity index (χ0) is 14.4. The molecule has 0 aromatic carbocycles. The third-order valence-corrected chi connectivity index (χ3v) is 4.82. The Labute approximate surface area is 124 Å². The molecule has 0 saturated carbocycles. The summed E-state index contributed by atoms with van der Waals surface area (Å²) in [6, 6.07) is 0. The minimum Gasteiger partial charge on any atom is -0.381 e. The van der Waals surface area contributed by atoms with E-state index in [0.717, 1.165) is 32.2 Å². The van der Waals surface area contributed by atoms with Crippen molar-refractivity contribution in [3.05, 3.63) is 0 Å². The molecule has 2 rings (SSSR count). The third kappa shape index (κ3) is 4.69. The first kappa shape index (κ1) is 16.2. The summed E-state index contributed by atoms with van der Waals surface area (Å²) < 4.78 is 5.70. The highest BCUT2D eigenvalue weighted by Crippen LogP contribution is 2.30. The molecule has 2 saturated heterocycles. The van der Waals surface area contributed by atoms with Gasteiger partial charge in [0.15, 0.2) is 0 Å². The van der Waals surface area contributed by atoms with E-state index in [1.807, 2.05) is 0 Å². The number of rotatable bonds is 7. The molecule has 0 spiro atoms. The molecule has 2 heterocycles. The summed E-state index contributed by atoms with van der Waals surface area (Å²) in [4.78, 5) is 5.01. The number of nitrogens with one attached hydrogen (secondary N) is 1. The van der Waals surface area contributed by atoms with E-state index >= 15 is 0 Å². The molecule has 0 aromatic rings. The van der Waals surface area contributed by atoms with Crippen LogP contribution in [0.5, 0.6) is 0 Å². The van der Waals surface area contributed by atoms with Crippen molar-refractivity contribution in [3.8, 4) is 0 Å². The van der Waals surface area contributed by atoms with Crippen molar-refractivity contribution in [2.24, 2.45) is 11.3 Å². The Balaban J connectivity index is 1.78. The second kappa shape index (κ2) is 7.74. The predicted molar refractivity (Wildman–Crippen MR) is 84.1 cm³/mol. The van der Waals surface area contributed by atoms with Gasteiger partial charge in [-0.2, -0.15) is 0 Å². The first-order valence-electron chi connectivity index (χ1n) is 8.29. The van der Waals surface area contributed by atoms with Crippen LogP contribution in [0, 0.1) is 11.3 Å². The van der Waals surface area contributed by atoms with Crippen molar-refractivity contribution in [2.75, 3.05) is 66.6 Å². The van der Waals surface area contributed by atoms with Crippen LogP contribution < -0.4 is 5.32 Å². The Morgan fingerprint density at radius 1 is 1.30 bits per heavy atom. The van der Waals surface area contributed by atoms with E-state index in [2.05, 4.69) is 36.1 Å². The standard InChI is InChI=1S/C16H33N3O/c1-4-17-12-16(7-10-20-14-16)13-19-8-5-15(6-9-19)11-18(2)3/h15,17H,4-14H2,1-3H3. The fraction of sp³-hybridized carbons (Fsp3) is 1.00. The van der Waals surface area contributed by atoms with Gasteiger partial charge in [0.1, 0.15) is 0 Å². The molecule has 20 heavy (non-hydrogen) atoms. The molecule has 4 heteroatoms. The van der Waals surface area contributed by atoms with Gasteiger partial charge in [0.05, 0.1) is 6.61 Å². The minimum absolute atomic E-state index is 0.365. The number of piperidine rings is 1. The molecule has 2 aliphatic rings. The van der Waals surface area contributed by atoms with Crippen LogP contribution >= 0.6 is 0 Å². The first-order chi connectivity index (χ1) is 9.63. The molecule has 0 bridgehead atoms. The molecule has 1 unspecified atom stereocenters. The van der Waals surface area contributed by atoms with E-state index in [0.29, 0.717) is 5.41 Å². The second-order valence-corrected chi connectivity index (χ2v) is 7.06. The zero-order valence-electron chi connectivity index (χ0n) is 13.7. The van der Waals surface area contributed by atoms with Crippen LogP contribution in [0.2, 0.25) is 0 Å². The van der Waals surface area contributed by atoms with E-state index in [-0.39, 0.29) is 0 Å².